The maximum atomic E-state index is 13.0. The van der Waals surface area contributed by atoms with E-state index in [-0.39, 0.29) is 5.91 Å². The molecule has 1 unspecified atom stereocenters. The lowest BCUT2D eigenvalue weighted by Crippen LogP contribution is -2.39. The van der Waals surface area contributed by atoms with Crippen LogP contribution in [0.1, 0.15) is 33.1 Å². The number of carbonyl (C=O) groups excluding carboxylic acids is 1. The third-order valence-electron chi connectivity index (χ3n) is 5.29. The number of nitrogens with zero attached hydrogens (tertiary/aromatic N) is 2. The van der Waals surface area contributed by atoms with Gasteiger partial charge in [-0.3, -0.25) is 4.79 Å². The van der Waals surface area contributed by atoms with Gasteiger partial charge < -0.3 is 14.4 Å². The molecular weight excluding hydrogens is 376 g/mol. The first kappa shape index (κ1) is 19.5. The molecule has 4 rings (SSSR count). The lowest BCUT2D eigenvalue weighted by Gasteiger charge is -2.34. The van der Waals surface area contributed by atoms with Crippen molar-refractivity contribution in [3.63, 3.8) is 0 Å². The normalized spacial score (nSPS) is 15.1. The SMILES string of the molecule is COc1cc2c(cc1OCc1ccccc1)C(C#N)N(C(=O)c1ccccc1)CC2. The maximum absolute atomic E-state index is 13.0. The van der Waals surface area contributed by atoms with Crippen molar-refractivity contribution in [1.29, 1.82) is 5.26 Å². The lowest BCUT2D eigenvalue weighted by molar-refractivity contribution is 0.0705. The Bertz CT molecular complexity index is 1070. The quantitative estimate of drug-likeness (QED) is 0.633. The van der Waals surface area contributed by atoms with Crippen LogP contribution in [0, 0.1) is 11.3 Å². The molecule has 1 aliphatic heterocycles. The van der Waals surface area contributed by atoms with E-state index in [0.717, 1.165) is 16.7 Å². The van der Waals surface area contributed by atoms with Gasteiger partial charge in [-0.2, -0.15) is 5.26 Å². The maximum Gasteiger partial charge on any atom is 0.255 e. The van der Waals surface area contributed by atoms with Crippen LogP contribution in [-0.2, 0) is 13.0 Å². The van der Waals surface area contributed by atoms with Gasteiger partial charge in [0.1, 0.15) is 12.6 Å². The van der Waals surface area contributed by atoms with Gasteiger partial charge in [-0.25, -0.2) is 0 Å². The van der Waals surface area contributed by atoms with Crippen LogP contribution in [0.3, 0.4) is 0 Å². The molecule has 3 aromatic carbocycles. The summed E-state index contributed by atoms with van der Waals surface area (Å²) < 4.78 is 11.5. The van der Waals surface area contributed by atoms with Crippen molar-refractivity contribution in [2.45, 2.75) is 19.1 Å². The molecule has 1 aliphatic rings. The highest BCUT2D eigenvalue weighted by atomic mass is 16.5. The summed E-state index contributed by atoms with van der Waals surface area (Å²) in [6, 6.07) is 24.3. The Hall–Kier alpha value is -3.78. The summed E-state index contributed by atoms with van der Waals surface area (Å²) in [5, 5.41) is 9.91. The summed E-state index contributed by atoms with van der Waals surface area (Å²) in [6.07, 6.45) is 0.654. The number of carbonyl (C=O) groups is 1. The van der Waals surface area contributed by atoms with Gasteiger partial charge in [-0.1, -0.05) is 48.5 Å². The highest BCUT2D eigenvalue weighted by molar-refractivity contribution is 5.95. The van der Waals surface area contributed by atoms with E-state index < -0.39 is 6.04 Å². The number of nitriles is 1. The molecule has 30 heavy (non-hydrogen) atoms. The Kier molecular flexibility index (Phi) is 5.67. The number of rotatable bonds is 5. The Morgan fingerprint density at radius 3 is 2.43 bits per heavy atom. The van der Waals surface area contributed by atoms with Crippen LogP contribution in [0.25, 0.3) is 0 Å². The predicted molar refractivity (Wildman–Crippen MR) is 113 cm³/mol. The van der Waals surface area contributed by atoms with E-state index in [4.69, 9.17) is 9.47 Å². The molecule has 5 heteroatoms. The van der Waals surface area contributed by atoms with Crippen molar-refractivity contribution in [2.24, 2.45) is 0 Å². The molecular formula is C25H22N2O3. The number of ether oxygens (including phenoxy) is 2. The van der Waals surface area contributed by atoms with Gasteiger partial charge >= 0.3 is 0 Å². The average molecular weight is 398 g/mol. The Balaban J connectivity index is 1.64. The van der Waals surface area contributed by atoms with Crippen molar-refractivity contribution in [1.82, 2.24) is 4.90 Å². The largest absolute Gasteiger partial charge is 0.493 e. The molecule has 5 nitrogen and oxygen atoms in total. The molecule has 0 spiro atoms. The summed E-state index contributed by atoms with van der Waals surface area (Å²) in [6.45, 7) is 0.867. The van der Waals surface area contributed by atoms with E-state index in [2.05, 4.69) is 6.07 Å². The molecule has 1 amide bonds. The number of fused-ring (bicyclic) bond motifs is 1. The second-order valence-corrected chi connectivity index (χ2v) is 7.12. The molecule has 0 bridgehead atoms. The first-order valence-corrected chi connectivity index (χ1v) is 9.84. The van der Waals surface area contributed by atoms with Crippen LogP contribution in [0.2, 0.25) is 0 Å². The van der Waals surface area contributed by atoms with Crippen molar-refractivity contribution in [3.8, 4) is 17.6 Å². The van der Waals surface area contributed by atoms with Crippen LogP contribution in [0.15, 0.2) is 72.8 Å². The summed E-state index contributed by atoms with van der Waals surface area (Å²) in [4.78, 5) is 14.6. The summed E-state index contributed by atoms with van der Waals surface area (Å²) in [5.74, 6) is 1.05. The number of hydrogen-bond donors (Lipinski definition) is 0. The topological polar surface area (TPSA) is 62.6 Å². The Morgan fingerprint density at radius 2 is 1.77 bits per heavy atom. The van der Waals surface area contributed by atoms with Crippen LogP contribution in [0.4, 0.5) is 0 Å². The minimum atomic E-state index is -0.675. The highest BCUT2D eigenvalue weighted by Crippen LogP contribution is 2.38. The van der Waals surface area contributed by atoms with Crippen molar-refractivity contribution in [2.75, 3.05) is 13.7 Å². The summed E-state index contributed by atoms with van der Waals surface area (Å²) in [7, 11) is 1.60. The molecule has 0 saturated carbocycles. The molecule has 0 saturated heterocycles. The fraction of sp³-hybridized carbons (Fsp3) is 0.200. The molecule has 0 aliphatic carbocycles. The second kappa shape index (κ2) is 8.71. The van der Waals surface area contributed by atoms with E-state index in [1.54, 1.807) is 24.1 Å². The lowest BCUT2D eigenvalue weighted by atomic mass is 9.92. The zero-order valence-electron chi connectivity index (χ0n) is 16.7. The first-order chi connectivity index (χ1) is 14.7. The Morgan fingerprint density at radius 1 is 1.07 bits per heavy atom. The van der Waals surface area contributed by atoms with Crippen molar-refractivity contribution in [3.05, 3.63) is 95.1 Å². The van der Waals surface area contributed by atoms with Crippen molar-refractivity contribution < 1.29 is 14.3 Å². The zero-order chi connectivity index (χ0) is 20.9. The highest BCUT2D eigenvalue weighted by Gasteiger charge is 2.32. The monoisotopic (exact) mass is 398 g/mol. The predicted octanol–water partition coefficient (Wildman–Crippen LogP) is 4.54. The third kappa shape index (κ3) is 3.85. The molecule has 0 radical (unpaired) electrons. The zero-order valence-corrected chi connectivity index (χ0v) is 16.7. The smallest absolute Gasteiger partial charge is 0.255 e. The number of hydrogen-bond acceptors (Lipinski definition) is 4. The van der Waals surface area contributed by atoms with Gasteiger partial charge in [0.15, 0.2) is 11.5 Å². The van der Waals surface area contributed by atoms with Gasteiger partial charge in [0.25, 0.3) is 5.91 Å². The van der Waals surface area contributed by atoms with Crippen LogP contribution in [0.5, 0.6) is 11.5 Å². The molecule has 0 aromatic heterocycles. The number of methoxy groups -OCH3 is 1. The summed E-state index contributed by atoms with van der Waals surface area (Å²) >= 11 is 0. The van der Waals surface area contributed by atoms with E-state index >= 15 is 0 Å². The van der Waals surface area contributed by atoms with Gasteiger partial charge in [0.2, 0.25) is 0 Å². The molecule has 3 aromatic rings. The van der Waals surface area contributed by atoms with E-state index in [1.165, 1.54) is 0 Å². The fourth-order valence-corrected chi connectivity index (χ4v) is 3.74. The van der Waals surface area contributed by atoms with Crippen molar-refractivity contribution >= 4 is 5.91 Å². The molecule has 0 fully saturated rings. The van der Waals surface area contributed by atoms with Crippen LogP contribution >= 0.6 is 0 Å². The number of amides is 1. The van der Waals surface area contributed by atoms with Crippen LogP contribution < -0.4 is 9.47 Å². The van der Waals surface area contributed by atoms with E-state index in [9.17, 15) is 10.1 Å². The van der Waals surface area contributed by atoms with Gasteiger partial charge in [0, 0.05) is 12.1 Å². The Labute approximate surface area is 176 Å². The van der Waals surface area contributed by atoms with Gasteiger partial charge in [0.05, 0.1) is 13.2 Å². The van der Waals surface area contributed by atoms with Gasteiger partial charge in [-0.05, 0) is 47.4 Å². The minimum Gasteiger partial charge on any atom is -0.493 e. The molecule has 1 atom stereocenters. The molecule has 150 valence electrons. The number of benzene rings is 3. The molecule has 1 heterocycles. The molecule has 0 N–H and O–H groups in total. The fourth-order valence-electron chi connectivity index (χ4n) is 3.74. The average Bonchev–Trinajstić information content (AvgIpc) is 2.82. The van der Waals surface area contributed by atoms with E-state index in [0.29, 0.717) is 36.6 Å². The second-order valence-electron chi connectivity index (χ2n) is 7.12. The van der Waals surface area contributed by atoms with Crippen LogP contribution in [-0.4, -0.2) is 24.5 Å². The van der Waals surface area contributed by atoms with E-state index in [1.807, 2.05) is 60.7 Å². The summed E-state index contributed by atoms with van der Waals surface area (Å²) in [5.41, 5.74) is 3.41. The standard InChI is InChI=1S/C25H22N2O3/c1-29-23-14-20-12-13-27(25(28)19-10-6-3-7-11-19)22(16-26)21(20)15-24(23)30-17-18-8-4-2-5-9-18/h2-11,14-15,22H,12-13,17H2,1H3. The van der Waals surface area contributed by atoms with Gasteiger partial charge in [-0.15, -0.1) is 0 Å². The first-order valence-electron chi connectivity index (χ1n) is 9.84. The minimum absolute atomic E-state index is 0.143. The third-order valence-corrected chi connectivity index (χ3v) is 5.29.